The maximum Gasteiger partial charge on any atom is 0.335 e. The normalized spacial score (nSPS) is 11.0. The number of nitriles is 1. The van der Waals surface area contributed by atoms with Crippen molar-refractivity contribution in [2.75, 3.05) is 0 Å². The topological polar surface area (TPSA) is 70.3 Å². The van der Waals surface area contributed by atoms with Gasteiger partial charge in [-0.1, -0.05) is 48.0 Å². The summed E-state index contributed by atoms with van der Waals surface area (Å²) in [5.41, 5.74) is 2.92. The standard InChI is InChI=1S/C23H15BrClNO3/c24-20-12-15(10-18(13-26)19-6-1-2-7-21(19)25)8-9-22(20)29-14-16-4-3-5-17(11-16)23(27)28/h1-12H,14H2,(H,27,28). The van der Waals surface area contributed by atoms with Gasteiger partial charge in [0.1, 0.15) is 12.4 Å². The van der Waals surface area contributed by atoms with Crippen molar-refractivity contribution in [3.8, 4) is 11.8 Å². The van der Waals surface area contributed by atoms with Crippen LogP contribution in [0.15, 0.2) is 71.2 Å². The van der Waals surface area contributed by atoms with Crippen LogP contribution in [0.2, 0.25) is 5.02 Å². The summed E-state index contributed by atoms with van der Waals surface area (Å²) in [6.07, 6.45) is 1.76. The SMILES string of the molecule is N#CC(=Cc1ccc(OCc2cccc(C(=O)O)c2)c(Br)c1)c1ccccc1Cl. The number of ether oxygens (including phenoxy) is 1. The van der Waals surface area contributed by atoms with Crippen molar-refractivity contribution in [1.29, 1.82) is 5.26 Å². The summed E-state index contributed by atoms with van der Waals surface area (Å²) < 4.78 is 6.52. The predicted octanol–water partition coefficient (Wildman–Crippen LogP) is 6.44. The minimum Gasteiger partial charge on any atom is -0.488 e. The highest BCUT2D eigenvalue weighted by Gasteiger charge is 2.08. The number of carboxylic acids is 1. The molecule has 3 aromatic rings. The van der Waals surface area contributed by atoms with E-state index in [2.05, 4.69) is 22.0 Å². The van der Waals surface area contributed by atoms with Crippen molar-refractivity contribution < 1.29 is 14.6 Å². The summed E-state index contributed by atoms with van der Waals surface area (Å²) in [5.74, 6) is -0.366. The first-order valence-corrected chi connectivity index (χ1v) is 9.76. The minimum atomic E-state index is -0.976. The van der Waals surface area contributed by atoms with Gasteiger partial charge in [-0.25, -0.2) is 4.79 Å². The first kappa shape index (κ1) is 20.7. The number of carbonyl (C=O) groups is 1. The fourth-order valence-corrected chi connectivity index (χ4v) is 3.44. The minimum absolute atomic E-state index is 0.217. The van der Waals surface area contributed by atoms with Gasteiger partial charge in [0.05, 0.1) is 21.7 Å². The van der Waals surface area contributed by atoms with Gasteiger partial charge in [-0.2, -0.15) is 5.26 Å². The van der Waals surface area contributed by atoms with Crippen LogP contribution in [0.4, 0.5) is 0 Å². The van der Waals surface area contributed by atoms with Crippen LogP contribution < -0.4 is 4.74 Å². The van der Waals surface area contributed by atoms with E-state index >= 15 is 0 Å². The van der Waals surface area contributed by atoms with Gasteiger partial charge in [0.15, 0.2) is 0 Å². The summed E-state index contributed by atoms with van der Waals surface area (Å²) in [6.45, 7) is 0.234. The Morgan fingerprint density at radius 3 is 2.62 bits per heavy atom. The van der Waals surface area contributed by atoms with Crippen molar-refractivity contribution in [3.63, 3.8) is 0 Å². The molecule has 144 valence electrons. The molecule has 4 nitrogen and oxygen atoms in total. The number of allylic oxidation sites excluding steroid dienone is 1. The lowest BCUT2D eigenvalue weighted by atomic mass is 10.0. The van der Waals surface area contributed by atoms with Crippen LogP contribution in [-0.2, 0) is 6.61 Å². The molecule has 0 amide bonds. The summed E-state index contributed by atoms with van der Waals surface area (Å²) in [5, 5.41) is 19.1. The molecule has 0 heterocycles. The molecular weight excluding hydrogens is 454 g/mol. The molecule has 1 N–H and O–H groups in total. The molecule has 29 heavy (non-hydrogen) atoms. The molecule has 0 fully saturated rings. The van der Waals surface area contributed by atoms with E-state index in [9.17, 15) is 10.1 Å². The van der Waals surface area contributed by atoms with Crippen molar-refractivity contribution >= 4 is 45.1 Å². The summed E-state index contributed by atoms with van der Waals surface area (Å²) in [4.78, 5) is 11.1. The highest BCUT2D eigenvalue weighted by Crippen LogP contribution is 2.30. The molecule has 0 aliphatic carbocycles. The molecule has 0 radical (unpaired) electrons. The van der Waals surface area contributed by atoms with Crippen molar-refractivity contribution in [3.05, 3.63) is 98.5 Å². The summed E-state index contributed by atoms with van der Waals surface area (Å²) in [7, 11) is 0. The highest BCUT2D eigenvalue weighted by molar-refractivity contribution is 9.10. The monoisotopic (exact) mass is 467 g/mol. The molecule has 0 aliphatic rings. The van der Waals surface area contributed by atoms with Crippen molar-refractivity contribution in [2.45, 2.75) is 6.61 Å². The zero-order valence-electron chi connectivity index (χ0n) is 15.1. The Morgan fingerprint density at radius 1 is 1.14 bits per heavy atom. The van der Waals surface area contributed by atoms with Crippen LogP contribution in [-0.4, -0.2) is 11.1 Å². The number of benzene rings is 3. The van der Waals surface area contributed by atoms with E-state index in [0.717, 1.165) is 15.6 Å². The average Bonchev–Trinajstić information content (AvgIpc) is 2.72. The zero-order valence-corrected chi connectivity index (χ0v) is 17.4. The number of halogens is 2. The largest absolute Gasteiger partial charge is 0.488 e. The Morgan fingerprint density at radius 2 is 1.93 bits per heavy atom. The van der Waals surface area contributed by atoms with Crippen LogP contribution >= 0.6 is 27.5 Å². The van der Waals surface area contributed by atoms with Gasteiger partial charge >= 0.3 is 5.97 Å². The van der Waals surface area contributed by atoms with E-state index in [1.165, 1.54) is 6.07 Å². The maximum absolute atomic E-state index is 11.1. The molecule has 3 aromatic carbocycles. The fraction of sp³-hybridized carbons (Fsp3) is 0.0435. The Balaban J connectivity index is 1.78. The van der Waals surface area contributed by atoms with Crippen LogP contribution in [0, 0.1) is 11.3 Å². The number of rotatable bonds is 6. The first-order valence-electron chi connectivity index (χ1n) is 8.59. The van der Waals surface area contributed by atoms with Crippen molar-refractivity contribution in [1.82, 2.24) is 0 Å². The average molecular weight is 469 g/mol. The number of hydrogen-bond donors (Lipinski definition) is 1. The lowest BCUT2D eigenvalue weighted by Gasteiger charge is -2.10. The van der Waals surface area contributed by atoms with Gasteiger partial charge in [0.2, 0.25) is 0 Å². The Kier molecular flexibility index (Phi) is 6.71. The lowest BCUT2D eigenvalue weighted by molar-refractivity contribution is 0.0696. The highest BCUT2D eigenvalue weighted by atomic mass is 79.9. The van der Waals surface area contributed by atoms with Crippen LogP contribution in [0.1, 0.15) is 27.0 Å². The fourth-order valence-electron chi connectivity index (χ4n) is 2.70. The van der Waals surface area contributed by atoms with E-state index in [4.69, 9.17) is 21.4 Å². The quantitative estimate of drug-likeness (QED) is 0.334. The molecular formula is C23H15BrClNO3. The Hall–Kier alpha value is -3.07. The smallest absolute Gasteiger partial charge is 0.335 e. The second kappa shape index (κ2) is 9.42. The third-order valence-electron chi connectivity index (χ3n) is 4.12. The lowest BCUT2D eigenvalue weighted by Crippen LogP contribution is -2.00. The van der Waals surface area contributed by atoms with Crippen LogP contribution in [0.3, 0.4) is 0 Å². The molecule has 0 unspecified atom stereocenters. The van der Waals surface area contributed by atoms with E-state index in [1.54, 1.807) is 42.5 Å². The third-order valence-corrected chi connectivity index (χ3v) is 5.07. The molecule has 0 aliphatic heterocycles. The Labute approximate surface area is 181 Å². The number of aromatic carboxylic acids is 1. The first-order chi connectivity index (χ1) is 14.0. The van der Waals surface area contributed by atoms with Crippen LogP contribution in [0.25, 0.3) is 11.6 Å². The number of carboxylic acid groups (broad SMARTS) is 1. The summed E-state index contributed by atoms with van der Waals surface area (Å²) >= 11 is 9.68. The predicted molar refractivity (Wildman–Crippen MR) is 117 cm³/mol. The van der Waals surface area contributed by atoms with E-state index in [-0.39, 0.29) is 12.2 Å². The Bertz CT molecular complexity index is 1130. The molecule has 0 aromatic heterocycles. The third kappa shape index (κ3) is 5.26. The number of nitrogens with zero attached hydrogens (tertiary/aromatic N) is 1. The molecule has 0 saturated heterocycles. The molecule has 3 rings (SSSR count). The number of hydrogen-bond acceptors (Lipinski definition) is 3. The molecule has 0 atom stereocenters. The molecule has 0 saturated carbocycles. The van der Waals surface area contributed by atoms with E-state index in [0.29, 0.717) is 21.9 Å². The molecule has 0 bridgehead atoms. The van der Waals surface area contributed by atoms with E-state index < -0.39 is 5.97 Å². The van der Waals surface area contributed by atoms with Gasteiger partial charge in [-0.05, 0) is 63.5 Å². The maximum atomic E-state index is 11.1. The summed E-state index contributed by atoms with van der Waals surface area (Å²) in [6, 6.07) is 21.5. The van der Waals surface area contributed by atoms with Gasteiger partial charge < -0.3 is 9.84 Å². The van der Waals surface area contributed by atoms with Crippen molar-refractivity contribution in [2.24, 2.45) is 0 Å². The molecule has 6 heteroatoms. The second-order valence-corrected chi connectivity index (χ2v) is 7.40. The zero-order chi connectivity index (χ0) is 20.8. The van der Waals surface area contributed by atoms with Gasteiger partial charge in [0.25, 0.3) is 0 Å². The van der Waals surface area contributed by atoms with Gasteiger partial charge in [-0.15, -0.1) is 0 Å². The van der Waals surface area contributed by atoms with Crippen LogP contribution in [0.5, 0.6) is 5.75 Å². The van der Waals surface area contributed by atoms with E-state index in [1.807, 2.05) is 24.3 Å². The molecule has 0 spiro atoms. The second-order valence-electron chi connectivity index (χ2n) is 6.13. The van der Waals surface area contributed by atoms with Gasteiger partial charge in [0, 0.05) is 10.6 Å². The van der Waals surface area contributed by atoms with Gasteiger partial charge in [-0.3, -0.25) is 0 Å².